The van der Waals surface area contributed by atoms with E-state index in [9.17, 15) is 8.42 Å². The lowest BCUT2D eigenvalue weighted by molar-refractivity contribution is 0.204. The van der Waals surface area contributed by atoms with Crippen LogP contribution >= 0.6 is 0 Å². The number of fused-ring (bicyclic) bond motifs is 1. The molecule has 1 heterocycles. The van der Waals surface area contributed by atoms with Gasteiger partial charge in [-0.1, -0.05) is 17.7 Å². The Balaban J connectivity index is 1.68. The number of rotatable bonds is 4. The largest absolute Gasteiger partial charge is 0.297 e. The van der Waals surface area contributed by atoms with Crippen LogP contribution in [0, 0.1) is 0 Å². The van der Waals surface area contributed by atoms with Gasteiger partial charge in [0.2, 0.25) is 10.0 Å². The second-order valence-electron chi connectivity index (χ2n) is 6.77. The molecule has 1 saturated heterocycles. The third kappa shape index (κ3) is 3.67. The molecule has 0 unspecified atom stereocenters. The lowest BCUT2D eigenvalue weighted by Gasteiger charge is -2.33. The summed E-state index contributed by atoms with van der Waals surface area (Å²) in [6, 6.07) is 5.68. The normalized spacial score (nSPS) is 19.6. The molecule has 1 fully saturated rings. The molecule has 0 radical (unpaired) electrons. The number of aryl methyl sites for hydroxylation is 2. The maximum Gasteiger partial charge on any atom is 0.243 e. The van der Waals surface area contributed by atoms with E-state index in [4.69, 9.17) is 0 Å². The van der Waals surface area contributed by atoms with Crippen LogP contribution in [0.2, 0.25) is 0 Å². The Bertz CT molecular complexity index is 698. The number of hydrogen-bond donors (Lipinski definition) is 0. The summed E-state index contributed by atoms with van der Waals surface area (Å²) in [7, 11) is -3.35. The topological polar surface area (TPSA) is 40.6 Å². The van der Waals surface area contributed by atoms with E-state index in [0.29, 0.717) is 18.0 Å². The standard InChI is InChI=1S/C18H26N2O2S/c1-15(2)8-9-19-10-12-20(13-11-19)23(21,22)18-7-6-16-4-3-5-17(16)14-18/h6-8,14H,3-5,9-13H2,1-2H3. The van der Waals surface area contributed by atoms with Gasteiger partial charge >= 0.3 is 0 Å². The van der Waals surface area contributed by atoms with E-state index in [0.717, 1.165) is 38.9 Å². The zero-order valence-corrected chi connectivity index (χ0v) is 14.9. The lowest BCUT2D eigenvalue weighted by atomic mass is 10.1. The van der Waals surface area contributed by atoms with Crippen LogP contribution in [0.15, 0.2) is 34.7 Å². The Labute approximate surface area is 139 Å². The smallest absolute Gasteiger partial charge is 0.243 e. The molecule has 3 rings (SSSR count). The second kappa shape index (κ2) is 6.75. The SMILES string of the molecule is CC(C)=CCN1CCN(S(=O)(=O)c2ccc3c(c2)CCC3)CC1. The zero-order chi connectivity index (χ0) is 16.4. The summed E-state index contributed by atoms with van der Waals surface area (Å²) >= 11 is 0. The van der Waals surface area contributed by atoms with E-state index < -0.39 is 10.0 Å². The zero-order valence-electron chi connectivity index (χ0n) is 14.1. The van der Waals surface area contributed by atoms with Crippen LogP contribution < -0.4 is 0 Å². The molecular formula is C18H26N2O2S. The summed E-state index contributed by atoms with van der Waals surface area (Å²) in [5, 5.41) is 0. The molecule has 23 heavy (non-hydrogen) atoms. The van der Waals surface area contributed by atoms with Crippen LogP contribution in [0.3, 0.4) is 0 Å². The molecule has 126 valence electrons. The molecule has 1 aliphatic heterocycles. The van der Waals surface area contributed by atoms with Crippen LogP contribution in [0.1, 0.15) is 31.4 Å². The fraction of sp³-hybridized carbons (Fsp3) is 0.556. The predicted molar refractivity (Wildman–Crippen MR) is 93.1 cm³/mol. The highest BCUT2D eigenvalue weighted by Gasteiger charge is 2.29. The predicted octanol–water partition coefficient (Wildman–Crippen LogP) is 2.45. The van der Waals surface area contributed by atoms with E-state index in [1.54, 1.807) is 10.4 Å². The van der Waals surface area contributed by atoms with Gasteiger partial charge in [0.15, 0.2) is 0 Å². The van der Waals surface area contributed by atoms with Crippen molar-refractivity contribution in [2.45, 2.75) is 38.0 Å². The molecule has 1 aromatic carbocycles. The number of allylic oxidation sites excluding steroid dienone is 1. The summed E-state index contributed by atoms with van der Waals surface area (Å²) in [5.74, 6) is 0. The molecule has 0 aromatic heterocycles. The van der Waals surface area contributed by atoms with Gasteiger partial charge in [-0.05, 0) is 56.4 Å². The molecule has 0 bridgehead atoms. The Kier molecular flexibility index (Phi) is 4.90. The summed E-state index contributed by atoms with van der Waals surface area (Å²) < 4.78 is 27.4. The molecular weight excluding hydrogens is 308 g/mol. The van der Waals surface area contributed by atoms with Crippen LogP contribution in [0.4, 0.5) is 0 Å². The Hall–Kier alpha value is -1.17. The average molecular weight is 334 g/mol. The molecule has 0 amide bonds. The van der Waals surface area contributed by atoms with Gasteiger partial charge in [-0.15, -0.1) is 0 Å². The average Bonchev–Trinajstić information content (AvgIpc) is 3.01. The van der Waals surface area contributed by atoms with Crippen LogP contribution in [0.25, 0.3) is 0 Å². The molecule has 0 N–H and O–H groups in total. The third-order valence-electron chi connectivity index (χ3n) is 4.80. The highest BCUT2D eigenvalue weighted by Crippen LogP contribution is 2.26. The van der Waals surface area contributed by atoms with Gasteiger partial charge in [-0.3, -0.25) is 4.90 Å². The minimum Gasteiger partial charge on any atom is -0.297 e. The monoisotopic (exact) mass is 334 g/mol. The number of benzene rings is 1. The van der Waals surface area contributed by atoms with Crippen molar-refractivity contribution in [3.63, 3.8) is 0 Å². The van der Waals surface area contributed by atoms with Gasteiger partial charge in [0.1, 0.15) is 0 Å². The molecule has 0 atom stereocenters. The van der Waals surface area contributed by atoms with Gasteiger partial charge in [-0.2, -0.15) is 4.31 Å². The number of sulfonamides is 1. The van der Waals surface area contributed by atoms with Crippen molar-refractivity contribution >= 4 is 10.0 Å². The molecule has 2 aliphatic rings. The van der Waals surface area contributed by atoms with E-state index in [1.807, 2.05) is 12.1 Å². The first kappa shape index (κ1) is 16.7. The van der Waals surface area contributed by atoms with Crippen molar-refractivity contribution in [2.24, 2.45) is 0 Å². The van der Waals surface area contributed by atoms with E-state index in [1.165, 1.54) is 16.7 Å². The fourth-order valence-corrected chi connectivity index (χ4v) is 4.80. The number of piperazine rings is 1. The molecule has 5 heteroatoms. The van der Waals surface area contributed by atoms with E-state index >= 15 is 0 Å². The molecule has 4 nitrogen and oxygen atoms in total. The van der Waals surface area contributed by atoms with Crippen LogP contribution in [-0.2, 0) is 22.9 Å². The summed E-state index contributed by atoms with van der Waals surface area (Å²) in [5.41, 5.74) is 3.84. The quantitative estimate of drug-likeness (QED) is 0.794. The van der Waals surface area contributed by atoms with Crippen molar-refractivity contribution < 1.29 is 8.42 Å². The molecule has 1 aromatic rings. The van der Waals surface area contributed by atoms with Gasteiger partial charge in [0, 0.05) is 32.7 Å². The second-order valence-corrected chi connectivity index (χ2v) is 8.71. The van der Waals surface area contributed by atoms with Gasteiger partial charge in [0.05, 0.1) is 4.90 Å². The Morgan fingerprint density at radius 1 is 1.09 bits per heavy atom. The first-order valence-corrected chi connectivity index (χ1v) is 9.88. The lowest BCUT2D eigenvalue weighted by Crippen LogP contribution is -2.48. The van der Waals surface area contributed by atoms with Gasteiger partial charge < -0.3 is 0 Å². The van der Waals surface area contributed by atoms with Gasteiger partial charge in [-0.25, -0.2) is 8.42 Å². The molecule has 0 saturated carbocycles. The maximum atomic E-state index is 12.9. The van der Waals surface area contributed by atoms with Crippen molar-refractivity contribution in [3.05, 3.63) is 41.0 Å². The first-order chi connectivity index (χ1) is 11.0. The number of nitrogens with zero attached hydrogens (tertiary/aromatic N) is 2. The van der Waals surface area contributed by atoms with E-state index in [2.05, 4.69) is 24.8 Å². The minimum absolute atomic E-state index is 0.468. The third-order valence-corrected chi connectivity index (χ3v) is 6.69. The van der Waals surface area contributed by atoms with Crippen LogP contribution in [-0.4, -0.2) is 50.3 Å². The van der Waals surface area contributed by atoms with Crippen molar-refractivity contribution in [2.75, 3.05) is 32.7 Å². The maximum absolute atomic E-state index is 12.9. The first-order valence-electron chi connectivity index (χ1n) is 8.44. The van der Waals surface area contributed by atoms with Crippen molar-refractivity contribution in [3.8, 4) is 0 Å². The summed E-state index contributed by atoms with van der Waals surface area (Å²) in [6.45, 7) is 7.85. The molecule has 0 spiro atoms. The van der Waals surface area contributed by atoms with Crippen LogP contribution in [0.5, 0.6) is 0 Å². The number of hydrogen-bond acceptors (Lipinski definition) is 3. The summed E-state index contributed by atoms with van der Waals surface area (Å²) in [4.78, 5) is 2.78. The van der Waals surface area contributed by atoms with E-state index in [-0.39, 0.29) is 0 Å². The van der Waals surface area contributed by atoms with Gasteiger partial charge in [0.25, 0.3) is 0 Å². The molecule has 1 aliphatic carbocycles. The summed E-state index contributed by atoms with van der Waals surface area (Å²) in [6.07, 6.45) is 5.43. The highest BCUT2D eigenvalue weighted by molar-refractivity contribution is 7.89. The Morgan fingerprint density at radius 3 is 2.48 bits per heavy atom. The highest BCUT2D eigenvalue weighted by atomic mass is 32.2. The van der Waals surface area contributed by atoms with Crippen molar-refractivity contribution in [1.29, 1.82) is 0 Å². The minimum atomic E-state index is -3.35. The van der Waals surface area contributed by atoms with Crippen molar-refractivity contribution in [1.82, 2.24) is 9.21 Å². The Morgan fingerprint density at radius 2 is 1.78 bits per heavy atom. The fourth-order valence-electron chi connectivity index (χ4n) is 3.32.